The van der Waals surface area contributed by atoms with Crippen LogP contribution in [0.2, 0.25) is 0 Å². The van der Waals surface area contributed by atoms with Crippen LogP contribution in [0.4, 0.5) is 0 Å². The standard InChI is InChI=1S/C20H17N3O2S3/c1-25-10-9-22-19(24)17(28-20(22)26)12-14-13-23(15-6-3-2-4-7-15)21-18(14)16-8-5-11-27-16/h2-8,11-13H,9-10H2,1H3. The van der Waals surface area contributed by atoms with Crippen LogP contribution in [0.3, 0.4) is 0 Å². The molecule has 1 aliphatic heterocycles. The number of benzene rings is 1. The van der Waals surface area contributed by atoms with E-state index in [1.165, 1.54) is 11.8 Å². The molecule has 5 nitrogen and oxygen atoms in total. The van der Waals surface area contributed by atoms with Crippen LogP contribution in [0.15, 0.2) is 58.9 Å². The van der Waals surface area contributed by atoms with E-state index < -0.39 is 0 Å². The van der Waals surface area contributed by atoms with Gasteiger partial charge in [-0.15, -0.1) is 11.3 Å². The average Bonchev–Trinajstić information content (AvgIpc) is 3.42. The highest BCUT2D eigenvalue weighted by Gasteiger charge is 2.32. The summed E-state index contributed by atoms with van der Waals surface area (Å²) in [6.45, 7) is 0.908. The summed E-state index contributed by atoms with van der Waals surface area (Å²) in [5.74, 6) is -0.0864. The summed E-state index contributed by atoms with van der Waals surface area (Å²) < 4.78 is 7.48. The summed E-state index contributed by atoms with van der Waals surface area (Å²) in [4.78, 5) is 16.0. The van der Waals surface area contributed by atoms with Gasteiger partial charge in [0, 0.05) is 18.9 Å². The Hall–Kier alpha value is -2.26. The van der Waals surface area contributed by atoms with Crippen molar-refractivity contribution in [2.75, 3.05) is 20.3 Å². The minimum absolute atomic E-state index is 0.0864. The highest BCUT2D eigenvalue weighted by atomic mass is 32.2. The van der Waals surface area contributed by atoms with E-state index in [1.807, 2.05) is 64.8 Å². The molecule has 1 aliphatic rings. The Morgan fingerprint density at radius 3 is 2.75 bits per heavy atom. The molecule has 1 aromatic carbocycles. The van der Waals surface area contributed by atoms with Gasteiger partial charge >= 0.3 is 0 Å². The Morgan fingerprint density at radius 1 is 1.21 bits per heavy atom. The monoisotopic (exact) mass is 427 g/mol. The van der Waals surface area contributed by atoms with Gasteiger partial charge < -0.3 is 4.74 Å². The molecule has 3 heterocycles. The van der Waals surface area contributed by atoms with Gasteiger partial charge in [0.2, 0.25) is 0 Å². The SMILES string of the molecule is COCCN1C(=O)C(=Cc2cn(-c3ccccc3)nc2-c2cccs2)SC1=S. The lowest BCUT2D eigenvalue weighted by atomic mass is 10.2. The largest absolute Gasteiger partial charge is 0.383 e. The van der Waals surface area contributed by atoms with E-state index >= 15 is 0 Å². The molecule has 0 spiro atoms. The van der Waals surface area contributed by atoms with Gasteiger partial charge in [0.15, 0.2) is 0 Å². The van der Waals surface area contributed by atoms with E-state index in [9.17, 15) is 4.79 Å². The number of nitrogens with zero attached hydrogens (tertiary/aromatic N) is 3. The van der Waals surface area contributed by atoms with Crippen LogP contribution in [-0.4, -0.2) is 45.2 Å². The number of rotatable bonds is 6. The summed E-state index contributed by atoms with van der Waals surface area (Å²) in [5.41, 5.74) is 2.70. The molecule has 2 aromatic heterocycles. The lowest BCUT2D eigenvalue weighted by Gasteiger charge is -2.12. The molecule has 1 saturated heterocycles. The lowest BCUT2D eigenvalue weighted by Crippen LogP contribution is -2.31. The van der Waals surface area contributed by atoms with Gasteiger partial charge in [-0.1, -0.05) is 48.2 Å². The molecule has 8 heteroatoms. The summed E-state index contributed by atoms with van der Waals surface area (Å²) >= 11 is 8.31. The first-order valence-corrected chi connectivity index (χ1v) is 10.7. The van der Waals surface area contributed by atoms with Crippen molar-refractivity contribution in [2.24, 2.45) is 0 Å². The van der Waals surface area contributed by atoms with Crippen molar-refractivity contribution >= 4 is 51.6 Å². The van der Waals surface area contributed by atoms with Crippen molar-refractivity contribution in [3.05, 3.63) is 64.5 Å². The summed E-state index contributed by atoms with van der Waals surface area (Å²) in [6.07, 6.45) is 3.83. The Balaban J connectivity index is 1.73. The van der Waals surface area contributed by atoms with Gasteiger partial charge in [0.1, 0.15) is 10.0 Å². The highest BCUT2D eigenvalue weighted by Crippen LogP contribution is 2.35. The molecule has 28 heavy (non-hydrogen) atoms. The fourth-order valence-electron chi connectivity index (χ4n) is 2.83. The van der Waals surface area contributed by atoms with Crippen LogP contribution in [0.5, 0.6) is 0 Å². The van der Waals surface area contributed by atoms with E-state index in [-0.39, 0.29) is 5.91 Å². The average molecular weight is 428 g/mol. The van der Waals surface area contributed by atoms with Gasteiger partial charge in [-0.25, -0.2) is 4.68 Å². The molecule has 142 valence electrons. The minimum atomic E-state index is -0.0864. The number of hydrogen-bond acceptors (Lipinski definition) is 6. The maximum absolute atomic E-state index is 12.8. The lowest BCUT2D eigenvalue weighted by molar-refractivity contribution is -0.122. The zero-order chi connectivity index (χ0) is 19.5. The highest BCUT2D eigenvalue weighted by molar-refractivity contribution is 8.26. The second-order valence-corrected chi connectivity index (χ2v) is 8.64. The second-order valence-electron chi connectivity index (χ2n) is 6.02. The first-order chi connectivity index (χ1) is 13.7. The van der Waals surface area contributed by atoms with E-state index in [4.69, 9.17) is 22.1 Å². The third-order valence-corrected chi connectivity index (χ3v) is 6.45. The zero-order valence-corrected chi connectivity index (χ0v) is 17.5. The first-order valence-electron chi connectivity index (χ1n) is 8.60. The Kier molecular flexibility index (Phi) is 5.72. The predicted molar refractivity (Wildman–Crippen MR) is 119 cm³/mol. The number of methoxy groups -OCH3 is 1. The number of hydrogen-bond donors (Lipinski definition) is 0. The summed E-state index contributed by atoms with van der Waals surface area (Å²) in [5, 5.41) is 6.79. The third kappa shape index (κ3) is 3.81. The maximum Gasteiger partial charge on any atom is 0.266 e. The molecule has 3 aromatic rings. The number of aromatic nitrogens is 2. The molecule has 1 amide bonds. The number of thiophene rings is 1. The fourth-order valence-corrected chi connectivity index (χ4v) is 4.86. The predicted octanol–water partition coefficient (Wildman–Crippen LogP) is 4.45. The first kappa shape index (κ1) is 19.1. The Bertz CT molecular complexity index is 1030. The van der Waals surface area contributed by atoms with Crippen LogP contribution in [0, 0.1) is 0 Å². The van der Waals surface area contributed by atoms with E-state index in [1.54, 1.807) is 23.3 Å². The van der Waals surface area contributed by atoms with Gasteiger partial charge in [0.25, 0.3) is 5.91 Å². The topological polar surface area (TPSA) is 47.4 Å². The number of carbonyl (C=O) groups is 1. The molecule has 4 rings (SSSR count). The minimum Gasteiger partial charge on any atom is -0.383 e. The third-order valence-electron chi connectivity index (χ3n) is 4.20. The van der Waals surface area contributed by atoms with Crippen molar-refractivity contribution in [1.29, 1.82) is 0 Å². The fraction of sp³-hybridized carbons (Fsp3) is 0.150. The van der Waals surface area contributed by atoms with Gasteiger partial charge in [-0.3, -0.25) is 9.69 Å². The normalized spacial score (nSPS) is 15.8. The number of carbonyl (C=O) groups excluding carboxylic acids is 1. The molecule has 0 unspecified atom stereocenters. The van der Waals surface area contributed by atoms with Crippen molar-refractivity contribution in [3.8, 4) is 16.3 Å². The smallest absolute Gasteiger partial charge is 0.266 e. The van der Waals surface area contributed by atoms with Crippen molar-refractivity contribution in [1.82, 2.24) is 14.7 Å². The van der Waals surface area contributed by atoms with E-state index in [2.05, 4.69) is 0 Å². The Labute approximate surface area is 176 Å². The van der Waals surface area contributed by atoms with Crippen LogP contribution in [0.25, 0.3) is 22.3 Å². The maximum atomic E-state index is 12.8. The molecule has 0 saturated carbocycles. The number of para-hydroxylation sites is 1. The molecular weight excluding hydrogens is 410 g/mol. The number of ether oxygens (including phenoxy) is 1. The van der Waals surface area contributed by atoms with Crippen molar-refractivity contribution in [2.45, 2.75) is 0 Å². The molecule has 0 atom stereocenters. The van der Waals surface area contributed by atoms with Gasteiger partial charge in [-0.2, -0.15) is 5.10 Å². The van der Waals surface area contributed by atoms with Crippen LogP contribution in [0.1, 0.15) is 5.56 Å². The van der Waals surface area contributed by atoms with E-state index in [0.717, 1.165) is 21.8 Å². The van der Waals surface area contributed by atoms with Crippen LogP contribution >= 0.6 is 35.3 Å². The van der Waals surface area contributed by atoms with E-state index in [0.29, 0.717) is 22.4 Å². The molecule has 0 N–H and O–H groups in total. The molecule has 1 fully saturated rings. The number of amides is 1. The quantitative estimate of drug-likeness (QED) is 0.430. The van der Waals surface area contributed by atoms with Crippen molar-refractivity contribution < 1.29 is 9.53 Å². The molecule has 0 radical (unpaired) electrons. The summed E-state index contributed by atoms with van der Waals surface area (Å²) in [6, 6.07) is 13.9. The van der Waals surface area contributed by atoms with Crippen molar-refractivity contribution in [3.63, 3.8) is 0 Å². The van der Waals surface area contributed by atoms with Crippen LogP contribution in [-0.2, 0) is 9.53 Å². The molecule has 0 bridgehead atoms. The molecular formula is C20H17N3O2S3. The van der Waals surface area contributed by atoms with Gasteiger partial charge in [-0.05, 0) is 29.7 Å². The summed E-state index contributed by atoms with van der Waals surface area (Å²) in [7, 11) is 1.61. The van der Waals surface area contributed by atoms with Crippen LogP contribution < -0.4 is 0 Å². The number of thioether (sulfide) groups is 1. The van der Waals surface area contributed by atoms with Gasteiger partial charge in [0.05, 0.1) is 28.6 Å². The zero-order valence-electron chi connectivity index (χ0n) is 15.1. The Morgan fingerprint density at radius 2 is 2.04 bits per heavy atom. The second kappa shape index (κ2) is 8.40. The number of thiocarbonyl (C=S) groups is 1. The molecule has 0 aliphatic carbocycles.